The predicted octanol–water partition coefficient (Wildman–Crippen LogP) is 4.89. The van der Waals surface area contributed by atoms with Crippen LogP contribution in [0.2, 0.25) is 0 Å². The van der Waals surface area contributed by atoms with Gasteiger partial charge in [-0.1, -0.05) is 13.8 Å². The minimum absolute atomic E-state index is 0.0495. The first-order chi connectivity index (χ1) is 14.8. The van der Waals surface area contributed by atoms with Crippen molar-refractivity contribution in [3.8, 4) is 11.5 Å². The Morgan fingerprint density at radius 2 is 1.68 bits per heavy atom. The molecule has 0 bridgehead atoms. The summed E-state index contributed by atoms with van der Waals surface area (Å²) < 4.78 is 11.4. The summed E-state index contributed by atoms with van der Waals surface area (Å²) in [5.41, 5.74) is 1.47. The molecule has 1 fully saturated rings. The van der Waals surface area contributed by atoms with Crippen LogP contribution in [0.15, 0.2) is 48.5 Å². The standard InChI is InChI=1S/C25H32N2O4/c1-17(2)13-14-30-22-9-5-20(6-10-22)26-25(29)19-15-24(28)27(16-19)21-7-11-23(12-8-21)31-18(3)4/h5-12,17-19H,13-16H2,1-4H3,(H,26,29)/t19-/m0/s1. The van der Waals surface area contributed by atoms with Crippen molar-refractivity contribution in [2.45, 2.75) is 46.6 Å². The van der Waals surface area contributed by atoms with Gasteiger partial charge in [-0.3, -0.25) is 9.59 Å². The molecular weight excluding hydrogens is 392 g/mol. The number of carbonyl (C=O) groups excluding carboxylic acids is 2. The van der Waals surface area contributed by atoms with E-state index in [0.717, 1.165) is 23.6 Å². The fraction of sp³-hybridized carbons (Fsp3) is 0.440. The topological polar surface area (TPSA) is 67.9 Å². The summed E-state index contributed by atoms with van der Waals surface area (Å²) in [6, 6.07) is 14.8. The molecule has 0 aromatic heterocycles. The fourth-order valence-corrected chi connectivity index (χ4v) is 3.40. The summed E-state index contributed by atoms with van der Waals surface area (Å²) in [6.07, 6.45) is 1.29. The quantitative estimate of drug-likeness (QED) is 0.622. The molecule has 3 rings (SSSR count). The van der Waals surface area contributed by atoms with E-state index in [4.69, 9.17) is 9.47 Å². The number of anilines is 2. The Morgan fingerprint density at radius 3 is 2.29 bits per heavy atom. The normalized spacial score (nSPS) is 16.1. The van der Waals surface area contributed by atoms with E-state index in [0.29, 0.717) is 24.8 Å². The summed E-state index contributed by atoms with van der Waals surface area (Å²) >= 11 is 0. The Balaban J connectivity index is 1.54. The second-order valence-electron chi connectivity index (χ2n) is 8.61. The van der Waals surface area contributed by atoms with Crippen molar-refractivity contribution < 1.29 is 19.1 Å². The molecule has 0 radical (unpaired) electrons. The van der Waals surface area contributed by atoms with Crippen molar-refractivity contribution >= 4 is 23.2 Å². The molecule has 6 heteroatoms. The van der Waals surface area contributed by atoms with Gasteiger partial charge in [0.15, 0.2) is 0 Å². The number of carbonyl (C=O) groups is 2. The van der Waals surface area contributed by atoms with Gasteiger partial charge in [-0.2, -0.15) is 0 Å². The second-order valence-corrected chi connectivity index (χ2v) is 8.61. The number of nitrogens with one attached hydrogen (secondary N) is 1. The first-order valence-corrected chi connectivity index (χ1v) is 10.9. The van der Waals surface area contributed by atoms with Crippen LogP contribution in [-0.4, -0.2) is 31.1 Å². The number of ether oxygens (including phenoxy) is 2. The molecule has 1 saturated heterocycles. The molecule has 6 nitrogen and oxygen atoms in total. The monoisotopic (exact) mass is 424 g/mol. The molecule has 1 heterocycles. The Hall–Kier alpha value is -3.02. The first kappa shape index (κ1) is 22.7. The maximum absolute atomic E-state index is 12.7. The van der Waals surface area contributed by atoms with Crippen LogP contribution in [0.5, 0.6) is 11.5 Å². The predicted molar refractivity (Wildman–Crippen MR) is 123 cm³/mol. The fourth-order valence-electron chi connectivity index (χ4n) is 3.40. The highest BCUT2D eigenvalue weighted by Crippen LogP contribution is 2.28. The summed E-state index contributed by atoms with van der Waals surface area (Å²) in [6.45, 7) is 9.29. The molecule has 166 valence electrons. The number of rotatable bonds is 9. The van der Waals surface area contributed by atoms with Crippen molar-refractivity contribution in [3.63, 3.8) is 0 Å². The van der Waals surface area contributed by atoms with Crippen molar-refractivity contribution in [2.75, 3.05) is 23.4 Å². The van der Waals surface area contributed by atoms with Crippen LogP contribution in [0, 0.1) is 11.8 Å². The largest absolute Gasteiger partial charge is 0.494 e. The van der Waals surface area contributed by atoms with E-state index < -0.39 is 0 Å². The third-order valence-corrected chi connectivity index (χ3v) is 5.10. The first-order valence-electron chi connectivity index (χ1n) is 10.9. The van der Waals surface area contributed by atoms with Crippen LogP contribution in [0.1, 0.15) is 40.5 Å². The highest BCUT2D eigenvalue weighted by atomic mass is 16.5. The maximum Gasteiger partial charge on any atom is 0.229 e. The Morgan fingerprint density at radius 1 is 1.03 bits per heavy atom. The Bertz CT molecular complexity index is 875. The minimum Gasteiger partial charge on any atom is -0.494 e. The van der Waals surface area contributed by atoms with Gasteiger partial charge in [0.1, 0.15) is 11.5 Å². The highest BCUT2D eigenvalue weighted by molar-refractivity contribution is 6.03. The lowest BCUT2D eigenvalue weighted by atomic mass is 10.1. The van der Waals surface area contributed by atoms with Crippen LogP contribution in [0.3, 0.4) is 0 Å². The van der Waals surface area contributed by atoms with Crippen LogP contribution in [0.4, 0.5) is 11.4 Å². The highest BCUT2D eigenvalue weighted by Gasteiger charge is 2.35. The minimum atomic E-state index is -0.388. The van der Waals surface area contributed by atoms with Crippen LogP contribution >= 0.6 is 0 Å². The Kier molecular flexibility index (Phi) is 7.55. The van der Waals surface area contributed by atoms with Gasteiger partial charge in [-0.15, -0.1) is 0 Å². The molecule has 0 spiro atoms. The van der Waals surface area contributed by atoms with E-state index in [-0.39, 0.29) is 30.3 Å². The molecule has 0 saturated carbocycles. The molecule has 0 unspecified atom stereocenters. The van der Waals surface area contributed by atoms with Crippen molar-refractivity contribution in [1.82, 2.24) is 0 Å². The lowest BCUT2D eigenvalue weighted by Gasteiger charge is -2.18. The zero-order valence-electron chi connectivity index (χ0n) is 18.8. The van der Waals surface area contributed by atoms with E-state index >= 15 is 0 Å². The summed E-state index contributed by atoms with van der Waals surface area (Å²) in [5, 5.41) is 2.92. The number of nitrogens with zero attached hydrogens (tertiary/aromatic N) is 1. The molecule has 2 aromatic carbocycles. The van der Waals surface area contributed by atoms with E-state index in [1.165, 1.54) is 0 Å². The molecular formula is C25H32N2O4. The number of hydrogen-bond donors (Lipinski definition) is 1. The number of benzene rings is 2. The second kappa shape index (κ2) is 10.3. The zero-order valence-corrected chi connectivity index (χ0v) is 18.8. The van der Waals surface area contributed by atoms with Gasteiger partial charge in [0, 0.05) is 24.3 Å². The number of hydrogen-bond acceptors (Lipinski definition) is 4. The molecule has 1 atom stereocenters. The summed E-state index contributed by atoms with van der Waals surface area (Å²) in [5.74, 6) is 1.55. The van der Waals surface area contributed by atoms with Crippen LogP contribution in [-0.2, 0) is 9.59 Å². The lowest BCUT2D eigenvalue weighted by molar-refractivity contribution is -0.122. The SMILES string of the molecule is CC(C)CCOc1ccc(NC(=O)[C@H]2CC(=O)N(c3ccc(OC(C)C)cc3)C2)cc1. The van der Waals surface area contributed by atoms with Gasteiger partial charge in [-0.25, -0.2) is 0 Å². The lowest BCUT2D eigenvalue weighted by Crippen LogP contribution is -2.28. The number of amides is 2. The average molecular weight is 425 g/mol. The van der Waals surface area contributed by atoms with Crippen molar-refractivity contribution in [1.29, 1.82) is 0 Å². The molecule has 0 aliphatic carbocycles. The average Bonchev–Trinajstić information content (AvgIpc) is 3.11. The summed E-state index contributed by atoms with van der Waals surface area (Å²) in [7, 11) is 0. The molecule has 1 aliphatic heterocycles. The maximum atomic E-state index is 12.7. The zero-order chi connectivity index (χ0) is 22.4. The third-order valence-electron chi connectivity index (χ3n) is 5.10. The van der Waals surface area contributed by atoms with Gasteiger partial charge in [0.2, 0.25) is 11.8 Å². The Labute approximate surface area is 184 Å². The van der Waals surface area contributed by atoms with Crippen LogP contribution in [0.25, 0.3) is 0 Å². The van der Waals surface area contributed by atoms with E-state index in [1.54, 1.807) is 4.90 Å². The van der Waals surface area contributed by atoms with Gasteiger partial charge in [0.25, 0.3) is 0 Å². The molecule has 1 N–H and O–H groups in total. The molecule has 2 aromatic rings. The molecule has 2 amide bonds. The molecule has 1 aliphatic rings. The molecule has 31 heavy (non-hydrogen) atoms. The van der Waals surface area contributed by atoms with Gasteiger partial charge < -0.3 is 19.7 Å². The van der Waals surface area contributed by atoms with Crippen molar-refractivity contribution in [3.05, 3.63) is 48.5 Å². The smallest absolute Gasteiger partial charge is 0.229 e. The van der Waals surface area contributed by atoms with Gasteiger partial charge in [-0.05, 0) is 74.7 Å². The van der Waals surface area contributed by atoms with Crippen molar-refractivity contribution in [2.24, 2.45) is 11.8 Å². The van der Waals surface area contributed by atoms with E-state index in [1.807, 2.05) is 62.4 Å². The van der Waals surface area contributed by atoms with Gasteiger partial charge in [0.05, 0.1) is 18.6 Å². The van der Waals surface area contributed by atoms with Crippen LogP contribution < -0.4 is 19.7 Å². The van der Waals surface area contributed by atoms with E-state index in [9.17, 15) is 9.59 Å². The van der Waals surface area contributed by atoms with E-state index in [2.05, 4.69) is 19.2 Å². The van der Waals surface area contributed by atoms with Gasteiger partial charge >= 0.3 is 0 Å². The summed E-state index contributed by atoms with van der Waals surface area (Å²) in [4.78, 5) is 26.9. The third kappa shape index (κ3) is 6.48.